The van der Waals surface area contributed by atoms with Gasteiger partial charge in [0.05, 0.1) is 19.8 Å². The van der Waals surface area contributed by atoms with E-state index in [1.807, 2.05) is 45.0 Å². The molecule has 0 N–H and O–H groups in total. The van der Waals surface area contributed by atoms with Crippen LogP contribution in [-0.2, 0) is 14.9 Å². The smallest absolute Gasteiger partial charge is 0.151 e. The van der Waals surface area contributed by atoms with Crippen LogP contribution in [0, 0.1) is 11.8 Å². The van der Waals surface area contributed by atoms with Gasteiger partial charge >= 0.3 is 0 Å². The Hall–Kier alpha value is -1.42. The van der Waals surface area contributed by atoms with Crippen LogP contribution >= 0.6 is 0 Å². The number of ether oxygens (including phenoxy) is 2. The molecule has 1 aliphatic rings. The van der Waals surface area contributed by atoms with E-state index in [-0.39, 0.29) is 17.6 Å². The lowest BCUT2D eigenvalue weighted by atomic mass is 9.68. The Labute approximate surface area is 150 Å². The SMILES string of the molecule is CCCOc1ccc(C2(C(=O)C(C)C(C)CC(F)CC)COC2)cc1. The highest BCUT2D eigenvalue weighted by molar-refractivity contribution is 5.93. The van der Waals surface area contributed by atoms with Crippen molar-refractivity contribution in [1.29, 1.82) is 0 Å². The maximum atomic E-state index is 13.7. The van der Waals surface area contributed by atoms with Gasteiger partial charge in [0.1, 0.15) is 17.3 Å². The fourth-order valence-corrected chi connectivity index (χ4v) is 3.32. The Balaban J connectivity index is 2.12. The highest BCUT2D eigenvalue weighted by Crippen LogP contribution is 2.38. The number of rotatable bonds is 10. The van der Waals surface area contributed by atoms with Crippen molar-refractivity contribution in [2.45, 2.75) is 58.5 Å². The van der Waals surface area contributed by atoms with Crippen LogP contribution in [0.1, 0.15) is 52.5 Å². The zero-order valence-electron chi connectivity index (χ0n) is 15.9. The number of halogens is 1. The minimum absolute atomic E-state index is 0.0204. The van der Waals surface area contributed by atoms with E-state index in [2.05, 4.69) is 6.92 Å². The Bertz CT molecular complexity index is 551. The lowest BCUT2D eigenvalue weighted by Gasteiger charge is -2.43. The summed E-state index contributed by atoms with van der Waals surface area (Å²) >= 11 is 0. The summed E-state index contributed by atoms with van der Waals surface area (Å²) < 4.78 is 24.8. The van der Waals surface area contributed by atoms with Gasteiger partial charge in [-0.1, -0.05) is 39.8 Å². The van der Waals surface area contributed by atoms with Crippen molar-refractivity contribution in [3.8, 4) is 5.75 Å². The summed E-state index contributed by atoms with van der Waals surface area (Å²) in [7, 11) is 0. The van der Waals surface area contributed by atoms with Crippen molar-refractivity contribution in [2.24, 2.45) is 11.8 Å². The van der Waals surface area contributed by atoms with Crippen LogP contribution in [0.25, 0.3) is 0 Å². The molecular weight excluding hydrogens is 319 g/mol. The lowest BCUT2D eigenvalue weighted by molar-refractivity contribution is -0.148. The summed E-state index contributed by atoms with van der Waals surface area (Å²) in [5, 5.41) is 0. The largest absolute Gasteiger partial charge is 0.494 e. The van der Waals surface area contributed by atoms with Crippen LogP contribution in [0.5, 0.6) is 5.75 Å². The molecule has 1 aromatic carbocycles. The standard InChI is InChI=1S/C21H31FO3/c1-5-11-25-19-9-7-17(8-10-19)21(13-24-14-21)20(23)16(4)15(3)12-18(22)6-2/h7-10,15-16,18H,5-6,11-14H2,1-4H3. The van der Waals surface area contributed by atoms with Crippen LogP contribution in [0.2, 0.25) is 0 Å². The number of ketones is 1. The highest BCUT2D eigenvalue weighted by Gasteiger charge is 2.49. The van der Waals surface area contributed by atoms with Crippen LogP contribution < -0.4 is 4.74 Å². The summed E-state index contributed by atoms with van der Waals surface area (Å²) in [5.41, 5.74) is 0.383. The minimum Gasteiger partial charge on any atom is -0.494 e. The third-order valence-electron chi connectivity index (χ3n) is 5.39. The first-order valence-corrected chi connectivity index (χ1v) is 9.44. The lowest BCUT2D eigenvalue weighted by Crippen LogP contribution is -2.55. The van der Waals surface area contributed by atoms with Crippen molar-refractivity contribution in [3.05, 3.63) is 29.8 Å². The second kappa shape index (κ2) is 8.79. The quantitative estimate of drug-likeness (QED) is 0.612. The summed E-state index contributed by atoms with van der Waals surface area (Å²) in [5.74, 6) is 0.812. The Morgan fingerprint density at radius 1 is 1.24 bits per heavy atom. The van der Waals surface area contributed by atoms with Gasteiger partial charge in [0.25, 0.3) is 0 Å². The van der Waals surface area contributed by atoms with Gasteiger partial charge in [0.2, 0.25) is 0 Å². The van der Waals surface area contributed by atoms with E-state index >= 15 is 0 Å². The predicted octanol–water partition coefficient (Wildman–Crippen LogP) is 4.72. The maximum Gasteiger partial charge on any atom is 0.151 e. The van der Waals surface area contributed by atoms with E-state index in [4.69, 9.17) is 9.47 Å². The summed E-state index contributed by atoms with van der Waals surface area (Å²) in [6, 6.07) is 7.77. The number of carbonyl (C=O) groups is 1. The molecular formula is C21H31FO3. The zero-order chi connectivity index (χ0) is 18.4. The Morgan fingerprint density at radius 2 is 1.88 bits per heavy atom. The number of hydrogen-bond donors (Lipinski definition) is 0. The third-order valence-corrected chi connectivity index (χ3v) is 5.39. The maximum absolute atomic E-state index is 13.7. The molecule has 0 amide bonds. The zero-order valence-corrected chi connectivity index (χ0v) is 15.9. The van der Waals surface area contributed by atoms with Gasteiger partial charge in [0.15, 0.2) is 5.78 Å². The Morgan fingerprint density at radius 3 is 2.36 bits per heavy atom. The van der Waals surface area contributed by atoms with E-state index in [9.17, 15) is 9.18 Å². The van der Waals surface area contributed by atoms with Gasteiger partial charge in [-0.2, -0.15) is 0 Å². The predicted molar refractivity (Wildman–Crippen MR) is 97.9 cm³/mol. The topological polar surface area (TPSA) is 35.5 Å². The monoisotopic (exact) mass is 350 g/mol. The summed E-state index contributed by atoms with van der Waals surface area (Å²) in [6.07, 6.45) is 1.05. The molecule has 0 radical (unpaired) electrons. The highest BCUT2D eigenvalue weighted by atomic mass is 19.1. The molecule has 1 fully saturated rings. The number of alkyl halides is 1. The van der Waals surface area contributed by atoms with Crippen molar-refractivity contribution in [1.82, 2.24) is 0 Å². The van der Waals surface area contributed by atoms with Gasteiger partial charge in [0, 0.05) is 5.92 Å². The van der Waals surface area contributed by atoms with Gasteiger partial charge < -0.3 is 9.47 Å². The molecule has 0 bridgehead atoms. The molecule has 1 aliphatic heterocycles. The number of hydrogen-bond acceptors (Lipinski definition) is 3. The van der Waals surface area contributed by atoms with Crippen molar-refractivity contribution in [2.75, 3.05) is 19.8 Å². The van der Waals surface area contributed by atoms with Gasteiger partial charge in [-0.05, 0) is 42.9 Å². The fraction of sp³-hybridized carbons (Fsp3) is 0.667. The molecule has 3 atom stereocenters. The molecule has 25 heavy (non-hydrogen) atoms. The van der Waals surface area contributed by atoms with E-state index in [0.29, 0.717) is 32.7 Å². The van der Waals surface area contributed by atoms with Crippen molar-refractivity contribution in [3.63, 3.8) is 0 Å². The van der Waals surface area contributed by atoms with Gasteiger partial charge in [-0.25, -0.2) is 4.39 Å². The first-order chi connectivity index (χ1) is 11.9. The molecule has 3 nitrogen and oxygen atoms in total. The normalized spacial score (nSPS) is 19.6. The van der Waals surface area contributed by atoms with Crippen molar-refractivity contribution < 1.29 is 18.7 Å². The fourth-order valence-electron chi connectivity index (χ4n) is 3.32. The number of Topliss-reactive ketones (excluding diaryl/α,β-unsaturated/α-hetero) is 1. The van der Waals surface area contributed by atoms with Crippen molar-refractivity contribution >= 4 is 5.78 Å². The Kier molecular flexibility index (Phi) is 7.00. The molecule has 4 heteroatoms. The molecule has 0 saturated carbocycles. The van der Waals surface area contributed by atoms with Crippen LogP contribution in [0.3, 0.4) is 0 Å². The van der Waals surface area contributed by atoms with E-state index in [0.717, 1.165) is 17.7 Å². The van der Waals surface area contributed by atoms with Crippen LogP contribution in [0.15, 0.2) is 24.3 Å². The number of carbonyl (C=O) groups excluding carboxylic acids is 1. The van der Waals surface area contributed by atoms with Crippen LogP contribution in [0.4, 0.5) is 4.39 Å². The molecule has 1 heterocycles. The second-order valence-corrected chi connectivity index (χ2v) is 7.32. The molecule has 0 spiro atoms. The minimum atomic E-state index is -0.839. The molecule has 1 saturated heterocycles. The molecule has 0 aromatic heterocycles. The van der Waals surface area contributed by atoms with Crippen LogP contribution in [-0.4, -0.2) is 31.8 Å². The summed E-state index contributed by atoms with van der Waals surface area (Å²) in [6.45, 7) is 9.30. The van der Waals surface area contributed by atoms with Gasteiger partial charge in [-0.15, -0.1) is 0 Å². The van der Waals surface area contributed by atoms with E-state index < -0.39 is 11.6 Å². The molecule has 3 unspecified atom stereocenters. The first kappa shape index (κ1) is 19.9. The van der Waals surface area contributed by atoms with Gasteiger partial charge in [-0.3, -0.25) is 4.79 Å². The van der Waals surface area contributed by atoms with E-state index in [1.54, 1.807) is 0 Å². The second-order valence-electron chi connectivity index (χ2n) is 7.32. The average molecular weight is 350 g/mol. The average Bonchev–Trinajstić information content (AvgIpc) is 2.59. The molecule has 140 valence electrons. The molecule has 2 rings (SSSR count). The number of benzene rings is 1. The first-order valence-electron chi connectivity index (χ1n) is 9.44. The molecule has 1 aromatic rings. The van der Waals surface area contributed by atoms with E-state index in [1.165, 1.54) is 0 Å². The summed E-state index contributed by atoms with van der Waals surface area (Å²) in [4.78, 5) is 13.2. The molecule has 0 aliphatic carbocycles. The third kappa shape index (κ3) is 4.41.